The lowest BCUT2D eigenvalue weighted by molar-refractivity contribution is -0.137. The first-order valence-corrected chi connectivity index (χ1v) is 7.49. The van der Waals surface area contributed by atoms with Crippen molar-refractivity contribution in [2.24, 2.45) is 4.99 Å². The highest BCUT2D eigenvalue weighted by atomic mass is 19.4. The Morgan fingerprint density at radius 3 is 2.42 bits per heavy atom. The first kappa shape index (κ1) is 17.8. The van der Waals surface area contributed by atoms with E-state index in [4.69, 9.17) is 0 Å². The van der Waals surface area contributed by atoms with Crippen LogP contribution in [-0.4, -0.2) is 24.5 Å². The van der Waals surface area contributed by atoms with Gasteiger partial charge < -0.3 is 10.6 Å². The van der Waals surface area contributed by atoms with Gasteiger partial charge in [-0.15, -0.1) is 0 Å². The third-order valence-corrected chi connectivity index (χ3v) is 3.36. The van der Waals surface area contributed by atoms with E-state index in [1.165, 1.54) is 12.1 Å². The molecule has 0 radical (unpaired) electrons. The van der Waals surface area contributed by atoms with E-state index >= 15 is 0 Å². The molecule has 0 saturated carbocycles. The van der Waals surface area contributed by atoms with Crippen LogP contribution in [0.5, 0.6) is 0 Å². The third-order valence-electron chi connectivity index (χ3n) is 3.36. The maximum atomic E-state index is 12.5. The fraction of sp³-hybridized carbons (Fsp3) is 0.294. The van der Waals surface area contributed by atoms with Gasteiger partial charge in [0, 0.05) is 38.4 Å². The second-order valence-electron chi connectivity index (χ2n) is 5.12. The smallest absolute Gasteiger partial charge is 0.356 e. The van der Waals surface area contributed by atoms with Gasteiger partial charge in [0.15, 0.2) is 5.96 Å². The lowest BCUT2D eigenvalue weighted by Crippen LogP contribution is -2.37. The summed E-state index contributed by atoms with van der Waals surface area (Å²) in [5.74, 6) is 0.589. The van der Waals surface area contributed by atoms with Gasteiger partial charge in [0.2, 0.25) is 0 Å². The molecule has 128 valence electrons. The Kier molecular flexibility index (Phi) is 6.17. The number of guanidine groups is 1. The molecule has 2 aromatic rings. The maximum Gasteiger partial charge on any atom is 0.416 e. The van der Waals surface area contributed by atoms with E-state index in [-0.39, 0.29) is 0 Å². The molecular weight excluding hydrogens is 317 g/mol. The van der Waals surface area contributed by atoms with Crippen molar-refractivity contribution in [3.8, 4) is 0 Å². The molecule has 0 aliphatic heterocycles. The van der Waals surface area contributed by atoms with E-state index in [0.29, 0.717) is 19.0 Å². The molecule has 0 spiro atoms. The molecule has 2 N–H and O–H groups in total. The second kappa shape index (κ2) is 8.33. The first-order chi connectivity index (χ1) is 11.5. The van der Waals surface area contributed by atoms with Crippen LogP contribution in [0.1, 0.15) is 16.8 Å². The summed E-state index contributed by atoms with van der Waals surface area (Å²) in [7, 11) is 1.64. The van der Waals surface area contributed by atoms with Crippen LogP contribution in [0.3, 0.4) is 0 Å². The maximum absolute atomic E-state index is 12.5. The van der Waals surface area contributed by atoms with Gasteiger partial charge in [-0.3, -0.25) is 9.98 Å². The summed E-state index contributed by atoms with van der Waals surface area (Å²) in [5, 5.41) is 6.21. The highest BCUT2D eigenvalue weighted by Gasteiger charge is 2.29. The van der Waals surface area contributed by atoms with Crippen molar-refractivity contribution in [3.63, 3.8) is 0 Å². The van der Waals surface area contributed by atoms with E-state index in [0.717, 1.165) is 29.8 Å². The first-order valence-electron chi connectivity index (χ1n) is 7.49. The number of pyridine rings is 1. The Balaban J connectivity index is 1.79. The summed E-state index contributed by atoms with van der Waals surface area (Å²) in [6, 6.07) is 10.8. The Hall–Kier alpha value is -2.57. The van der Waals surface area contributed by atoms with E-state index in [2.05, 4.69) is 20.6 Å². The molecule has 0 unspecified atom stereocenters. The largest absolute Gasteiger partial charge is 0.416 e. The Bertz CT molecular complexity index is 652. The molecule has 1 aromatic carbocycles. The Morgan fingerprint density at radius 1 is 1.08 bits per heavy atom. The minimum Gasteiger partial charge on any atom is -0.356 e. The highest BCUT2D eigenvalue weighted by Crippen LogP contribution is 2.28. The Morgan fingerprint density at radius 2 is 1.83 bits per heavy atom. The predicted molar refractivity (Wildman–Crippen MR) is 87.6 cm³/mol. The summed E-state index contributed by atoms with van der Waals surface area (Å²) < 4.78 is 37.6. The quantitative estimate of drug-likeness (QED) is 0.652. The van der Waals surface area contributed by atoms with Gasteiger partial charge in [0.05, 0.1) is 5.56 Å². The van der Waals surface area contributed by atoms with Gasteiger partial charge in [-0.05, 0) is 29.8 Å². The number of halogens is 3. The van der Waals surface area contributed by atoms with Crippen molar-refractivity contribution in [2.45, 2.75) is 19.1 Å². The lowest BCUT2D eigenvalue weighted by Gasteiger charge is -2.12. The average molecular weight is 336 g/mol. The summed E-state index contributed by atoms with van der Waals surface area (Å²) in [5.41, 5.74) is 1.07. The van der Waals surface area contributed by atoms with Gasteiger partial charge >= 0.3 is 6.18 Å². The van der Waals surface area contributed by atoms with E-state index in [9.17, 15) is 13.2 Å². The topological polar surface area (TPSA) is 49.3 Å². The van der Waals surface area contributed by atoms with Crippen molar-refractivity contribution in [3.05, 3.63) is 65.5 Å². The SMILES string of the molecule is CN=C(NCCc1ccccn1)NCc1ccc(C(F)(F)F)cc1. The molecule has 0 fully saturated rings. The van der Waals surface area contributed by atoms with Gasteiger partial charge in [-0.1, -0.05) is 18.2 Å². The fourth-order valence-electron chi connectivity index (χ4n) is 2.07. The van der Waals surface area contributed by atoms with E-state index < -0.39 is 11.7 Å². The molecule has 1 aromatic heterocycles. The second-order valence-corrected chi connectivity index (χ2v) is 5.12. The minimum atomic E-state index is -4.31. The molecule has 0 bridgehead atoms. The highest BCUT2D eigenvalue weighted by molar-refractivity contribution is 5.79. The summed E-state index contributed by atoms with van der Waals surface area (Å²) in [6.07, 6.45) is -1.82. The molecule has 0 amide bonds. The van der Waals surface area contributed by atoms with Crippen LogP contribution in [0.2, 0.25) is 0 Å². The number of aliphatic imine (C=N–C) groups is 1. The van der Waals surface area contributed by atoms with Crippen LogP contribution in [0, 0.1) is 0 Å². The number of nitrogens with one attached hydrogen (secondary N) is 2. The number of hydrogen-bond acceptors (Lipinski definition) is 2. The minimum absolute atomic E-state index is 0.390. The van der Waals surface area contributed by atoms with Crippen molar-refractivity contribution in [1.29, 1.82) is 0 Å². The molecule has 4 nitrogen and oxygen atoms in total. The lowest BCUT2D eigenvalue weighted by atomic mass is 10.1. The van der Waals surface area contributed by atoms with Crippen LogP contribution in [0.4, 0.5) is 13.2 Å². The van der Waals surface area contributed by atoms with Crippen molar-refractivity contribution < 1.29 is 13.2 Å². The zero-order valence-corrected chi connectivity index (χ0v) is 13.3. The van der Waals surface area contributed by atoms with Gasteiger partial charge in [-0.2, -0.15) is 13.2 Å². The van der Waals surface area contributed by atoms with Crippen LogP contribution < -0.4 is 10.6 Å². The van der Waals surface area contributed by atoms with Crippen LogP contribution in [0.15, 0.2) is 53.7 Å². The van der Waals surface area contributed by atoms with Crippen LogP contribution >= 0.6 is 0 Å². The molecule has 7 heteroatoms. The normalized spacial score (nSPS) is 12.1. The summed E-state index contributed by atoms with van der Waals surface area (Å²) in [4.78, 5) is 8.32. The molecule has 0 aliphatic carbocycles. The molecule has 0 saturated heterocycles. The summed E-state index contributed by atoms with van der Waals surface area (Å²) >= 11 is 0. The van der Waals surface area contributed by atoms with Gasteiger partial charge in [0.25, 0.3) is 0 Å². The summed E-state index contributed by atoms with van der Waals surface area (Å²) in [6.45, 7) is 1.05. The number of nitrogens with zero attached hydrogens (tertiary/aromatic N) is 2. The van der Waals surface area contributed by atoms with Crippen molar-refractivity contribution >= 4 is 5.96 Å². The third kappa shape index (κ3) is 5.57. The molecule has 0 aliphatic rings. The van der Waals surface area contributed by atoms with E-state index in [1.807, 2.05) is 18.2 Å². The molecule has 0 atom stereocenters. The zero-order valence-electron chi connectivity index (χ0n) is 13.3. The number of rotatable bonds is 5. The van der Waals surface area contributed by atoms with Crippen molar-refractivity contribution in [2.75, 3.05) is 13.6 Å². The van der Waals surface area contributed by atoms with Crippen LogP contribution in [-0.2, 0) is 19.1 Å². The fourth-order valence-corrected chi connectivity index (χ4v) is 2.07. The standard InChI is InChI=1S/C17H19F3N4/c1-21-16(23-11-9-15-4-2-3-10-22-15)24-12-13-5-7-14(8-6-13)17(18,19)20/h2-8,10H,9,11-12H2,1H3,(H2,21,23,24). The van der Waals surface area contributed by atoms with Gasteiger partial charge in [0.1, 0.15) is 0 Å². The van der Waals surface area contributed by atoms with Crippen molar-refractivity contribution in [1.82, 2.24) is 15.6 Å². The van der Waals surface area contributed by atoms with Gasteiger partial charge in [-0.25, -0.2) is 0 Å². The monoisotopic (exact) mass is 336 g/mol. The average Bonchev–Trinajstić information content (AvgIpc) is 2.58. The van der Waals surface area contributed by atoms with E-state index in [1.54, 1.807) is 13.2 Å². The zero-order chi connectivity index (χ0) is 17.4. The molecule has 2 rings (SSSR count). The number of hydrogen-bond donors (Lipinski definition) is 2. The molecular formula is C17H19F3N4. The predicted octanol–water partition coefficient (Wildman–Crippen LogP) is 3.01. The number of aromatic nitrogens is 1. The number of benzene rings is 1. The number of alkyl halides is 3. The molecule has 24 heavy (non-hydrogen) atoms. The molecule has 1 heterocycles. The van der Waals surface area contributed by atoms with Crippen LogP contribution in [0.25, 0.3) is 0 Å². The Labute approximate surface area is 138 Å².